The molecule has 0 amide bonds. The van der Waals surface area contributed by atoms with Crippen LogP contribution in [0.2, 0.25) is 5.02 Å². The first-order valence-corrected chi connectivity index (χ1v) is 8.98. The highest BCUT2D eigenvalue weighted by molar-refractivity contribution is 6.30. The van der Waals surface area contributed by atoms with Crippen LogP contribution in [-0.2, 0) is 19.6 Å². The zero-order chi connectivity index (χ0) is 18.2. The molecule has 0 heterocycles. The van der Waals surface area contributed by atoms with Gasteiger partial charge in [-0.25, -0.2) is 4.39 Å². The molecule has 2 nitrogen and oxygen atoms in total. The van der Waals surface area contributed by atoms with E-state index in [2.05, 4.69) is 17.4 Å². The lowest BCUT2D eigenvalue weighted by Crippen LogP contribution is -2.16. The molecule has 0 saturated carbocycles. The SMILES string of the molecule is Fc1ccc(CCNCc2ccc(OCc3ccc(Cl)cc3)cc2)cc1. The van der Waals surface area contributed by atoms with Gasteiger partial charge in [0.2, 0.25) is 0 Å². The van der Waals surface area contributed by atoms with Gasteiger partial charge in [-0.15, -0.1) is 0 Å². The van der Waals surface area contributed by atoms with Gasteiger partial charge in [0.05, 0.1) is 0 Å². The lowest BCUT2D eigenvalue weighted by molar-refractivity contribution is 0.306. The Morgan fingerprint density at radius 1 is 0.769 bits per heavy atom. The van der Waals surface area contributed by atoms with Gasteiger partial charge in [0.25, 0.3) is 0 Å². The normalized spacial score (nSPS) is 10.7. The van der Waals surface area contributed by atoms with Gasteiger partial charge in [0.1, 0.15) is 18.2 Å². The van der Waals surface area contributed by atoms with Crippen molar-refractivity contribution in [3.63, 3.8) is 0 Å². The van der Waals surface area contributed by atoms with Gasteiger partial charge in [0.15, 0.2) is 0 Å². The Morgan fingerprint density at radius 3 is 2.08 bits per heavy atom. The maximum Gasteiger partial charge on any atom is 0.123 e. The maximum atomic E-state index is 12.9. The van der Waals surface area contributed by atoms with E-state index in [1.165, 1.54) is 17.7 Å². The average molecular weight is 370 g/mol. The van der Waals surface area contributed by atoms with Crippen molar-refractivity contribution in [3.05, 3.63) is 100 Å². The Kier molecular flexibility index (Phi) is 6.64. The predicted molar refractivity (Wildman–Crippen MR) is 104 cm³/mol. The number of rotatable bonds is 8. The third-order valence-electron chi connectivity index (χ3n) is 4.07. The maximum absolute atomic E-state index is 12.9. The summed E-state index contributed by atoms with van der Waals surface area (Å²) in [5, 5.41) is 4.13. The molecule has 0 aliphatic carbocycles. The van der Waals surface area contributed by atoms with Crippen LogP contribution >= 0.6 is 11.6 Å². The van der Waals surface area contributed by atoms with E-state index in [9.17, 15) is 4.39 Å². The molecule has 0 atom stereocenters. The summed E-state index contributed by atoms with van der Waals surface area (Å²) >= 11 is 5.88. The molecule has 0 unspecified atom stereocenters. The monoisotopic (exact) mass is 369 g/mol. The quantitative estimate of drug-likeness (QED) is 0.537. The lowest BCUT2D eigenvalue weighted by Gasteiger charge is -2.09. The topological polar surface area (TPSA) is 21.3 Å². The second-order valence-electron chi connectivity index (χ2n) is 6.11. The van der Waals surface area contributed by atoms with E-state index in [0.29, 0.717) is 6.61 Å². The number of ether oxygens (including phenoxy) is 1. The lowest BCUT2D eigenvalue weighted by atomic mass is 10.1. The highest BCUT2D eigenvalue weighted by atomic mass is 35.5. The molecule has 0 bridgehead atoms. The van der Waals surface area contributed by atoms with Crippen molar-refractivity contribution in [1.29, 1.82) is 0 Å². The summed E-state index contributed by atoms with van der Waals surface area (Å²) in [7, 11) is 0. The van der Waals surface area contributed by atoms with Crippen LogP contribution in [0.5, 0.6) is 5.75 Å². The molecule has 3 aromatic rings. The summed E-state index contributed by atoms with van der Waals surface area (Å²) in [5.74, 6) is 0.648. The van der Waals surface area contributed by atoms with Crippen LogP contribution in [0.1, 0.15) is 16.7 Å². The zero-order valence-corrected chi connectivity index (χ0v) is 15.2. The van der Waals surface area contributed by atoms with Gasteiger partial charge in [0, 0.05) is 11.6 Å². The van der Waals surface area contributed by atoms with Gasteiger partial charge < -0.3 is 10.1 Å². The van der Waals surface area contributed by atoms with E-state index in [4.69, 9.17) is 16.3 Å². The minimum atomic E-state index is -0.194. The second-order valence-corrected chi connectivity index (χ2v) is 6.55. The van der Waals surface area contributed by atoms with Crippen LogP contribution in [-0.4, -0.2) is 6.54 Å². The van der Waals surface area contributed by atoms with Crippen molar-refractivity contribution in [2.45, 2.75) is 19.6 Å². The summed E-state index contributed by atoms with van der Waals surface area (Å²) in [6.45, 7) is 2.16. The first-order valence-electron chi connectivity index (χ1n) is 8.60. The number of hydrogen-bond donors (Lipinski definition) is 1. The molecular formula is C22H21ClFNO. The molecule has 0 spiro atoms. The van der Waals surface area contributed by atoms with Gasteiger partial charge in [-0.1, -0.05) is 48.0 Å². The van der Waals surface area contributed by atoms with Crippen LogP contribution in [0.3, 0.4) is 0 Å². The summed E-state index contributed by atoms with van der Waals surface area (Å²) in [4.78, 5) is 0. The van der Waals surface area contributed by atoms with Crippen LogP contribution in [0.25, 0.3) is 0 Å². The van der Waals surface area contributed by atoms with Crippen molar-refractivity contribution >= 4 is 11.6 Å². The molecule has 1 N–H and O–H groups in total. The molecular weight excluding hydrogens is 349 g/mol. The zero-order valence-electron chi connectivity index (χ0n) is 14.4. The van der Waals surface area contributed by atoms with Crippen LogP contribution in [0.4, 0.5) is 4.39 Å². The molecule has 4 heteroatoms. The molecule has 0 aliphatic heterocycles. The molecule has 3 aromatic carbocycles. The fraction of sp³-hybridized carbons (Fsp3) is 0.182. The Bertz CT molecular complexity index is 801. The van der Waals surface area contributed by atoms with Crippen LogP contribution < -0.4 is 10.1 Å². The molecule has 3 rings (SSSR count). The van der Waals surface area contributed by atoms with Gasteiger partial charge in [-0.05, 0) is 66.1 Å². The fourth-order valence-corrected chi connectivity index (χ4v) is 2.69. The summed E-state index contributed by atoms with van der Waals surface area (Å²) in [6, 6.07) is 22.4. The van der Waals surface area contributed by atoms with E-state index in [0.717, 1.165) is 41.4 Å². The number of nitrogens with one attached hydrogen (secondary N) is 1. The van der Waals surface area contributed by atoms with Crippen molar-refractivity contribution in [1.82, 2.24) is 5.32 Å². The van der Waals surface area contributed by atoms with E-state index < -0.39 is 0 Å². The van der Waals surface area contributed by atoms with Crippen LogP contribution in [0.15, 0.2) is 72.8 Å². The fourth-order valence-electron chi connectivity index (χ4n) is 2.57. The highest BCUT2D eigenvalue weighted by Gasteiger charge is 1.99. The van der Waals surface area contributed by atoms with Crippen molar-refractivity contribution in [2.75, 3.05) is 6.54 Å². The second kappa shape index (κ2) is 9.37. The van der Waals surface area contributed by atoms with Crippen LogP contribution in [0, 0.1) is 5.82 Å². The van der Waals surface area contributed by atoms with Crippen molar-refractivity contribution in [2.24, 2.45) is 0 Å². The standard InChI is InChI=1S/C22H21ClFNO/c23-20-7-1-19(2-8-20)16-26-22-11-5-18(6-12-22)15-25-14-13-17-3-9-21(24)10-4-17/h1-12,25H,13-16H2. The Hall–Kier alpha value is -2.36. The molecule has 0 saturated heterocycles. The third kappa shape index (κ3) is 5.87. The third-order valence-corrected chi connectivity index (χ3v) is 4.33. The Morgan fingerprint density at radius 2 is 1.38 bits per heavy atom. The minimum Gasteiger partial charge on any atom is -0.489 e. The average Bonchev–Trinajstić information content (AvgIpc) is 2.67. The van der Waals surface area contributed by atoms with E-state index in [-0.39, 0.29) is 5.82 Å². The molecule has 0 fully saturated rings. The number of hydrogen-bond acceptors (Lipinski definition) is 2. The van der Waals surface area contributed by atoms with E-state index >= 15 is 0 Å². The Balaban J connectivity index is 1.39. The first-order chi connectivity index (χ1) is 12.7. The van der Waals surface area contributed by atoms with E-state index in [1.54, 1.807) is 0 Å². The summed E-state index contributed by atoms with van der Waals surface area (Å²) < 4.78 is 18.7. The minimum absolute atomic E-state index is 0.194. The molecule has 26 heavy (non-hydrogen) atoms. The van der Waals surface area contributed by atoms with Gasteiger partial charge in [-0.3, -0.25) is 0 Å². The smallest absolute Gasteiger partial charge is 0.123 e. The molecule has 0 aliphatic rings. The molecule has 0 radical (unpaired) electrons. The summed E-state index contributed by atoms with van der Waals surface area (Å²) in [6.07, 6.45) is 0.878. The number of benzene rings is 3. The first kappa shape index (κ1) is 18.4. The highest BCUT2D eigenvalue weighted by Crippen LogP contribution is 2.15. The largest absolute Gasteiger partial charge is 0.489 e. The molecule has 134 valence electrons. The number of halogens is 2. The predicted octanol–water partition coefficient (Wildman–Crippen LogP) is 5.39. The molecule has 0 aromatic heterocycles. The van der Waals surface area contributed by atoms with Crippen molar-refractivity contribution in [3.8, 4) is 5.75 Å². The summed E-state index contributed by atoms with van der Waals surface area (Å²) in [5.41, 5.74) is 3.41. The van der Waals surface area contributed by atoms with Gasteiger partial charge >= 0.3 is 0 Å². The van der Waals surface area contributed by atoms with Gasteiger partial charge in [-0.2, -0.15) is 0 Å². The van der Waals surface area contributed by atoms with E-state index in [1.807, 2.05) is 48.5 Å². The van der Waals surface area contributed by atoms with Crippen molar-refractivity contribution < 1.29 is 9.13 Å². The Labute approximate surface area is 158 Å².